The van der Waals surface area contributed by atoms with Crippen molar-refractivity contribution < 1.29 is 9.90 Å². The number of aromatic nitrogens is 2. The van der Waals surface area contributed by atoms with E-state index in [9.17, 15) is 9.90 Å². The molecule has 0 bridgehead atoms. The molecule has 20 heavy (non-hydrogen) atoms. The van der Waals surface area contributed by atoms with Gasteiger partial charge in [0.1, 0.15) is 11.2 Å². The van der Waals surface area contributed by atoms with Gasteiger partial charge in [0.15, 0.2) is 0 Å². The van der Waals surface area contributed by atoms with Crippen molar-refractivity contribution in [1.29, 1.82) is 0 Å². The van der Waals surface area contributed by atoms with Crippen LogP contribution in [0.2, 0.25) is 0 Å². The first-order valence-electron chi connectivity index (χ1n) is 6.93. The number of fused-ring (bicyclic) bond motifs is 1. The lowest BCUT2D eigenvalue weighted by Crippen LogP contribution is -2.50. The molecule has 2 heterocycles. The van der Waals surface area contributed by atoms with Crippen LogP contribution in [0, 0.1) is 6.92 Å². The quantitative estimate of drug-likeness (QED) is 0.849. The van der Waals surface area contributed by atoms with Crippen molar-refractivity contribution in [1.82, 2.24) is 14.7 Å². The van der Waals surface area contributed by atoms with E-state index in [1.54, 1.807) is 0 Å². The number of aryl methyl sites for hydroxylation is 1. The van der Waals surface area contributed by atoms with Crippen molar-refractivity contribution in [2.45, 2.75) is 45.7 Å². The zero-order valence-corrected chi connectivity index (χ0v) is 12.2. The van der Waals surface area contributed by atoms with Gasteiger partial charge < -0.3 is 9.51 Å². The number of rotatable bonds is 6. The number of carboxylic acid groups (broad SMARTS) is 1. The fourth-order valence-electron chi connectivity index (χ4n) is 2.38. The summed E-state index contributed by atoms with van der Waals surface area (Å²) in [5, 5.41) is 12.5. The summed E-state index contributed by atoms with van der Waals surface area (Å²) in [5.74, 6) is -0.804. The van der Waals surface area contributed by atoms with E-state index in [2.05, 4.69) is 10.3 Å². The third-order valence-electron chi connectivity index (χ3n) is 3.87. The molecule has 2 N–H and O–H groups in total. The number of nitrogens with zero attached hydrogens (tertiary/aromatic N) is 2. The maximum atomic E-state index is 11.4. The van der Waals surface area contributed by atoms with Gasteiger partial charge in [-0.05, 0) is 31.4 Å². The second-order valence-electron chi connectivity index (χ2n) is 5.15. The molecule has 0 amide bonds. The molecule has 5 heteroatoms. The zero-order valence-electron chi connectivity index (χ0n) is 12.2. The van der Waals surface area contributed by atoms with Crippen LogP contribution in [0.3, 0.4) is 0 Å². The molecule has 0 atom stereocenters. The van der Waals surface area contributed by atoms with Crippen molar-refractivity contribution in [3.63, 3.8) is 0 Å². The van der Waals surface area contributed by atoms with Crippen LogP contribution in [0.15, 0.2) is 24.5 Å². The van der Waals surface area contributed by atoms with Crippen molar-refractivity contribution in [2.24, 2.45) is 0 Å². The van der Waals surface area contributed by atoms with E-state index in [-0.39, 0.29) is 0 Å². The van der Waals surface area contributed by atoms with Crippen molar-refractivity contribution >= 4 is 11.6 Å². The first kappa shape index (κ1) is 14.5. The van der Waals surface area contributed by atoms with Gasteiger partial charge in [0.25, 0.3) is 0 Å². The maximum absolute atomic E-state index is 11.4. The van der Waals surface area contributed by atoms with E-state index in [1.165, 1.54) is 0 Å². The molecule has 0 aliphatic heterocycles. The van der Waals surface area contributed by atoms with Gasteiger partial charge in [-0.25, -0.2) is 4.98 Å². The van der Waals surface area contributed by atoms with Gasteiger partial charge in [-0.3, -0.25) is 10.1 Å². The summed E-state index contributed by atoms with van der Waals surface area (Å²) in [6.45, 7) is 6.25. The van der Waals surface area contributed by atoms with E-state index >= 15 is 0 Å². The van der Waals surface area contributed by atoms with E-state index in [4.69, 9.17) is 0 Å². The summed E-state index contributed by atoms with van der Waals surface area (Å²) in [6.07, 6.45) is 5.04. The van der Waals surface area contributed by atoms with E-state index in [0.29, 0.717) is 19.4 Å². The number of pyridine rings is 1. The lowest BCUT2D eigenvalue weighted by atomic mass is 9.93. The van der Waals surface area contributed by atoms with Crippen LogP contribution < -0.4 is 5.32 Å². The summed E-state index contributed by atoms with van der Waals surface area (Å²) in [6, 6.07) is 3.97. The Kier molecular flexibility index (Phi) is 4.09. The fraction of sp³-hybridized carbons (Fsp3) is 0.467. The molecule has 0 saturated heterocycles. The number of imidazole rings is 1. The highest BCUT2D eigenvalue weighted by molar-refractivity contribution is 5.78. The van der Waals surface area contributed by atoms with Gasteiger partial charge in [0, 0.05) is 18.9 Å². The van der Waals surface area contributed by atoms with Crippen LogP contribution >= 0.6 is 0 Å². The molecule has 5 nitrogen and oxygen atoms in total. The third kappa shape index (κ3) is 2.67. The largest absolute Gasteiger partial charge is 0.480 e. The number of hydrogen-bond donors (Lipinski definition) is 2. The smallest absolute Gasteiger partial charge is 0.323 e. The third-order valence-corrected chi connectivity index (χ3v) is 3.87. The Labute approximate surface area is 118 Å². The molecule has 0 saturated carbocycles. The Morgan fingerprint density at radius 3 is 2.65 bits per heavy atom. The number of nitrogens with one attached hydrogen (secondary N) is 1. The minimum Gasteiger partial charge on any atom is -0.480 e. The molecule has 0 unspecified atom stereocenters. The average Bonchev–Trinajstić information content (AvgIpc) is 2.82. The first-order chi connectivity index (χ1) is 9.50. The summed E-state index contributed by atoms with van der Waals surface area (Å²) < 4.78 is 1.96. The highest BCUT2D eigenvalue weighted by atomic mass is 16.4. The Balaban J connectivity index is 2.17. The summed E-state index contributed by atoms with van der Waals surface area (Å²) in [4.78, 5) is 15.9. The minimum atomic E-state index is -0.869. The van der Waals surface area contributed by atoms with Gasteiger partial charge >= 0.3 is 5.97 Å². The lowest BCUT2D eigenvalue weighted by Gasteiger charge is -2.27. The number of hydrogen-bond acceptors (Lipinski definition) is 3. The Hall–Kier alpha value is -1.88. The number of aliphatic carboxylic acids is 1. The lowest BCUT2D eigenvalue weighted by molar-refractivity contribution is -0.145. The van der Waals surface area contributed by atoms with Gasteiger partial charge in [-0.15, -0.1) is 0 Å². The first-order valence-corrected chi connectivity index (χ1v) is 6.93. The van der Waals surface area contributed by atoms with Crippen LogP contribution in [0.25, 0.3) is 5.65 Å². The molecule has 0 aromatic carbocycles. The molecular weight excluding hydrogens is 254 g/mol. The van der Waals surface area contributed by atoms with Crippen molar-refractivity contribution in [2.75, 3.05) is 0 Å². The van der Waals surface area contributed by atoms with Crippen LogP contribution in [-0.2, 0) is 11.3 Å². The Morgan fingerprint density at radius 1 is 1.35 bits per heavy atom. The van der Waals surface area contributed by atoms with Crippen LogP contribution in [-0.4, -0.2) is 26.0 Å². The van der Waals surface area contributed by atoms with Gasteiger partial charge in [-0.1, -0.05) is 19.9 Å². The second kappa shape index (κ2) is 5.63. The molecule has 0 radical (unpaired) electrons. The molecule has 2 aromatic heterocycles. The topological polar surface area (TPSA) is 66.6 Å². The van der Waals surface area contributed by atoms with Gasteiger partial charge in [0.05, 0.1) is 5.69 Å². The average molecular weight is 275 g/mol. The predicted octanol–water partition coefficient (Wildman–Crippen LogP) is 2.38. The summed E-state index contributed by atoms with van der Waals surface area (Å²) in [7, 11) is 0. The van der Waals surface area contributed by atoms with Crippen molar-refractivity contribution in [3.8, 4) is 0 Å². The fourth-order valence-corrected chi connectivity index (χ4v) is 2.38. The van der Waals surface area contributed by atoms with Gasteiger partial charge in [-0.2, -0.15) is 0 Å². The second-order valence-corrected chi connectivity index (χ2v) is 5.15. The van der Waals surface area contributed by atoms with Crippen LogP contribution in [0.4, 0.5) is 0 Å². The molecule has 0 spiro atoms. The maximum Gasteiger partial charge on any atom is 0.323 e. The highest BCUT2D eigenvalue weighted by Gasteiger charge is 2.34. The predicted molar refractivity (Wildman–Crippen MR) is 77.7 cm³/mol. The monoisotopic (exact) mass is 275 g/mol. The van der Waals surface area contributed by atoms with Crippen LogP contribution in [0.1, 0.15) is 37.9 Å². The van der Waals surface area contributed by atoms with E-state index in [1.807, 2.05) is 49.7 Å². The molecular formula is C15H21N3O2. The van der Waals surface area contributed by atoms with Crippen LogP contribution in [0.5, 0.6) is 0 Å². The SMILES string of the molecule is CCC(CC)(NCc1cn2cc(C)ccc2n1)C(=O)O. The molecule has 108 valence electrons. The Morgan fingerprint density at radius 2 is 2.05 bits per heavy atom. The van der Waals surface area contributed by atoms with E-state index in [0.717, 1.165) is 16.9 Å². The van der Waals surface area contributed by atoms with Crippen molar-refractivity contribution in [3.05, 3.63) is 35.8 Å². The number of carbonyl (C=O) groups is 1. The molecule has 2 aromatic rings. The molecule has 0 fully saturated rings. The molecule has 0 aliphatic rings. The number of carboxylic acids is 1. The summed E-state index contributed by atoms with van der Waals surface area (Å²) in [5.41, 5.74) is 2.02. The Bertz CT molecular complexity index is 615. The molecule has 0 aliphatic carbocycles. The normalized spacial score (nSPS) is 11.9. The standard InChI is InChI=1S/C15H21N3O2/c1-4-15(5-2,14(19)20)16-8-12-10-18-9-11(3)6-7-13(18)17-12/h6-7,9-10,16H,4-5,8H2,1-3H3,(H,19,20). The minimum absolute atomic E-state index is 0.453. The summed E-state index contributed by atoms with van der Waals surface area (Å²) >= 11 is 0. The van der Waals surface area contributed by atoms with Gasteiger partial charge in [0.2, 0.25) is 0 Å². The highest BCUT2D eigenvalue weighted by Crippen LogP contribution is 2.16. The van der Waals surface area contributed by atoms with E-state index < -0.39 is 11.5 Å². The molecule has 2 rings (SSSR count). The zero-order chi connectivity index (χ0) is 14.8.